The van der Waals surface area contributed by atoms with Crippen molar-refractivity contribution in [3.05, 3.63) is 58.1 Å². The van der Waals surface area contributed by atoms with Crippen LogP contribution in [0.15, 0.2) is 41.6 Å². The van der Waals surface area contributed by atoms with Crippen molar-refractivity contribution in [3.8, 4) is 11.3 Å². The number of halogens is 3. The van der Waals surface area contributed by atoms with Crippen molar-refractivity contribution >= 4 is 45.9 Å². The number of ether oxygens (including phenoxy) is 1. The van der Waals surface area contributed by atoms with Gasteiger partial charge in [0.25, 0.3) is 5.91 Å². The molecule has 2 heterocycles. The molecule has 0 spiro atoms. The van der Waals surface area contributed by atoms with Crippen LogP contribution in [0.4, 0.5) is 18.2 Å². The van der Waals surface area contributed by atoms with Crippen LogP contribution in [-0.4, -0.2) is 40.1 Å². The van der Waals surface area contributed by atoms with Crippen molar-refractivity contribution in [2.24, 2.45) is 5.73 Å². The highest BCUT2D eigenvalue weighted by Crippen LogP contribution is 2.35. The molecule has 2 aromatic heterocycles. The van der Waals surface area contributed by atoms with Gasteiger partial charge in [-0.15, -0.1) is 11.3 Å². The number of carbonyl (C=O) groups is 3. The van der Waals surface area contributed by atoms with Crippen molar-refractivity contribution in [2.45, 2.75) is 30.4 Å². The number of hydrogen-bond acceptors (Lipinski definition) is 8. The monoisotopic (exact) mass is 524 g/mol. The summed E-state index contributed by atoms with van der Waals surface area (Å²) in [6.07, 6.45) is -4.72. The molecule has 2 amide bonds. The molecule has 0 saturated heterocycles. The predicted molar refractivity (Wildman–Crippen MR) is 125 cm³/mol. The summed E-state index contributed by atoms with van der Waals surface area (Å²) in [7, 11) is 1.17. The van der Waals surface area contributed by atoms with E-state index in [4.69, 9.17) is 5.73 Å². The maximum Gasteiger partial charge on any atom is 0.433 e. The Morgan fingerprint density at radius 1 is 1.17 bits per heavy atom. The van der Waals surface area contributed by atoms with Crippen LogP contribution in [0, 0.1) is 6.92 Å². The highest BCUT2D eigenvalue weighted by Gasteiger charge is 2.34. The summed E-state index contributed by atoms with van der Waals surface area (Å²) in [5.41, 5.74) is 4.96. The molecule has 13 heteroatoms. The largest absolute Gasteiger partial charge is 0.465 e. The second-order valence-electron chi connectivity index (χ2n) is 7.15. The zero-order chi connectivity index (χ0) is 25.9. The molecule has 0 unspecified atom stereocenters. The number of aromatic nitrogens is 2. The van der Waals surface area contributed by atoms with Crippen LogP contribution in [0.2, 0.25) is 0 Å². The minimum atomic E-state index is -4.72. The number of methoxy groups -OCH3 is 1. The van der Waals surface area contributed by atoms with Gasteiger partial charge in [0, 0.05) is 5.56 Å². The average molecular weight is 525 g/mol. The number of nitrogens with zero attached hydrogens (tertiary/aromatic N) is 2. The smallest absolute Gasteiger partial charge is 0.433 e. The zero-order valence-corrected chi connectivity index (χ0v) is 20.2. The van der Waals surface area contributed by atoms with Gasteiger partial charge in [0.1, 0.15) is 15.6 Å². The summed E-state index contributed by atoms with van der Waals surface area (Å²) in [6.45, 7) is 2.93. The lowest BCUT2D eigenvalue weighted by atomic mass is 10.1. The molecule has 0 radical (unpaired) electrons. The number of primary amides is 1. The number of anilines is 1. The lowest BCUT2D eigenvalue weighted by Crippen LogP contribution is -2.24. The Morgan fingerprint density at radius 3 is 2.40 bits per heavy atom. The lowest BCUT2D eigenvalue weighted by molar-refractivity contribution is -0.141. The van der Waals surface area contributed by atoms with Gasteiger partial charge in [-0.25, -0.2) is 14.8 Å². The molecular formula is C22H19F3N4O4S2. The van der Waals surface area contributed by atoms with E-state index in [0.29, 0.717) is 17.3 Å². The van der Waals surface area contributed by atoms with Crippen molar-refractivity contribution in [2.75, 3.05) is 12.4 Å². The SMILES string of the molecule is COC(=O)c1sc(NC(=O)[C@@H](C)Sc2nc(-c3ccccc3)cc(C(F)(F)F)n2)c(C(N)=O)c1C. The first kappa shape index (κ1) is 26.2. The third kappa shape index (κ3) is 5.98. The quantitative estimate of drug-likeness (QED) is 0.264. The van der Waals surface area contributed by atoms with Gasteiger partial charge in [-0.1, -0.05) is 42.1 Å². The Hall–Kier alpha value is -3.45. The molecule has 0 aliphatic carbocycles. The third-order valence-electron chi connectivity index (χ3n) is 4.72. The van der Waals surface area contributed by atoms with Crippen LogP contribution in [0.3, 0.4) is 0 Å². The summed E-state index contributed by atoms with van der Waals surface area (Å²) >= 11 is 1.52. The highest BCUT2D eigenvalue weighted by molar-refractivity contribution is 8.00. The van der Waals surface area contributed by atoms with E-state index in [2.05, 4.69) is 20.0 Å². The molecule has 3 rings (SSSR count). The van der Waals surface area contributed by atoms with Gasteiger partial charge in [-0.05, 0) is 25.5 Å². The molecule has 35 heavy (non-hydrogen) atoms. The Balaban J connectivity index is 1.89. The molecule has 3 N–H and O–H groups in total. The molecule has 0 aliphatic heterocycles. The summed E-state index contributed by atoms with van der Waals surface area (Å²) in [5.74, 6) is -2.22. The Labute approximate surface area is 206 Å². The number of thioether (sulfide) groups is 1. The second-order valence-corrected chi connectivity index (χ2v) is 9.48. The van der Waals surface area contributed by atoms with Crippen molar-refractivity contribution < 1.29 is 32.3 Å². The molecule has 3 aromatic rings. The van der Waals surface area contributed by atoms with Crippen LogP contribution in [0.25, 0.3) is 11.3 Å². The number of esters is 1. The predicted octanol–water partition coefficient (Wildman–Crippen LogP) is 4.54. The Morgan fingerprint density at radius 2 is 1.83 bits per heavy atom. The number of rotatable bonds is 7. The normalized spacial score (nSPS) is 12.2. The van der Waals surface area contributed by atoms with Crippen molar-refractivity contribution in [1.29, 1.82) is 0 Å². The molecule has 0 bridgehead atoms. The molecule has 0 aliphatic rings. The summed E-state index contributed by atoms with van der Waals surface area (Å²) in [4.78, 5) is 44.5. The second kappa shape index (κ2) is 10.4. The van der Waals surface area contributed by atoms with Crippen molar-refractivity contribution in [3.63, 3.8) is 0 Å². The summed E-state index contributed by atoms with van der Waals surface area (Å²) < 4.78 is 45.0. The highest BCUT2D eigenvalue weighted by atomic mass is 32.2. The number of carbonyl (C=O) groups excluding carboxylic acids is 3. The minimum Gasteiger partial charge on any atom is -0.465 e. The topological polar surface area (TPSA) is 124 Å². The van der Waals surface area contributed by atoms with Crippen LogP contribution in [0.1, 0.15) is 38.2 Å². The van der Waals surface area contributed by atoms with Gasteiger partial charge in [-0.3, -0.25) is 9.59 Å². The number of hydrogen-bond donors (Lipinski definition) is 2. The fourth-order valence-corrected chi connectivity index (χ4v) is 4.91. The van der Waals surface area contributed by atoms with Gasteiger partial charge in [0.15, 0.2) is 5.16 Å². The fraction of sp³-hybridized carbons (Fsp3) is 0.227. The van der Waals surface area contributed by atoms with Gasteiger partial charge in [0.2, 0.25) is 5.91 Å². The number of thiophene rings is 1. The summed E-state index contributed by atoms with van der Waals surface area (Å²) in [6, 6.07) is 9.10. The Bertz CT molecular complexity index is 1280. The molecule has 1 aromatic carbocycles. The summed E-state index contributed by atoms with van der Waals surface area (Å²) in [5, 5.41) is 1.32. The van der Waals surface area contributed by atoms with Crippen LogP contribution < -0.4 is 11.1 Å². The van der Waals surface area contributed by atoms with Gasteiger partial charge < -0.3 is 15.8 Å². The maximum atomic E-state index is 13.4. The number of benzene rings is 1. The first-order chi connectivity index (χ1) is 16.4. The number of nitrogens with one attached hydrogen (secondary N) is 1. The van der Waals surface area contributed by atoms with Crippen LogP contribution >= 0.6 is 23.1 Å². The van der Waals surface area contributed by atoms with Crippen LogP contribution in [-0.2, 0) is 15.7 Å². The number of alkyl halides is 3. The first-order valence-electron chi connectivity index (χ1n) is 9.93. The lowest BCUT2D eigenvalue weighted by Gasteiger charge is -2.14. The van der Waals surface area contributed by atoms with E-state index in [-0.39, 0.29) is 31.9 Å². The minimum absolute atomic E-state index is 0.0304. The average Bonchev–Trinajstić information content (AvgIpc) is 3.14. The Kier molecular flexibility index (Phi) is 7.80. The zero-order valence-electron chi connectivity index (χ0n) is 18.6. The van der Waals surface area contributed by atoms with Gasteiger partial charge in [-0.2, -0.15) is 13.2 Å². The van der Waals surface area contributed by atoms with Crippen molar-refractivity contribution in [1.82, 2.24) is 9.97 Å². The van der Waals surface area contributed by atoms with E-state index in [0.717, 1.165) is 17.4 Å². The van der Waals surface area contributed by atoms with E-state index in [1.54, 1.807) is 30.3 Å². The van der Waals surface area contributed by atoms with E-state index in [1.165, 1.54) is 21.0 Å². The molecular weight excluding hydrogens is 505 g/mol. The van der Waals surface area contributed by atoms with E-state index >= 15 is 0 Å². The molecule has 0 saturated carbocycles. The molecule has 1 atom stereocenters. The van der Waals surface area contributed by atoms with E-state index in [1.807, 2.05) is 0 Å². The first-order valence-corrected chi connectivity index (χ1v) is 11.6. The van der Waals surface area contributed by atoms with Gasteiger partial charge in [0.05, 0.1) is 23.6 Å². The van der Waals surface area contributed by atoms with Crippen LogP contribution in [0.5, 0.6) is 0 Å². The number of nitrogens with two attached hydrogens (primary N) is 1. The standard InChI is InChI=1S/C22H19F3N4O4S2/c1-10-15(17(26)30)19(35-16(10)20(32)33-3)29-18(31)11(2)34-21-27-13(12-7-5-4-6-8-12)9-14(28-21)22(23,24)25/h4-9,11H,1-3H3,(H2,26,30)(H,29,31)/t11-/m1/s1. The van der Waals surface area contributed by atoms with E-state index < -0.39 is 34.9 Å². The fourth-order valence-electron chi connectivity index (χ4n) is 2.99. The maximum absolute atomic E-state index is 13.4. The molecule has 8 nitrogen and oxygen atoms in total. The van der Waals surface area contributed by atoms with Gasteiger partial charge >= 0.3 is 12.1 Å². The van der Waals surface area contributed by atoms with E-state index in [9.17, 15) is 27.6 Å². The molecule has 0 fully saturated rings. The third-order valence-corrected chi connectivity index (χ3v) is 6.87. The number of amides is 2. The molecule has 184 valence electrons.